The maximum Gasteiger partial charge on any atom is 0.418 e. The monoisotopic (exact) mass is 489 g/mol. The van der Waals surface area contributed by atoms with E-state index in [2.05, 4.69) is 13.8 Å². The van der Waals surface area contributed by atoms with E-state index in [-0.39, 0.29) is 12.6 Å². The molecule has 0 spiro atoms. The Labute approximate surface area is 212 Å². The first-order valence-electron chi connectivity index (χ1n) is 12.6. The highest BCUT2D eigenvalue weighted by Crippen LogP contribution is 2.38. The van der Waals surface area contributed by atoms with Crippen molar-refractivity contribution in [3.05, 3.63) is 71.9 Å². The molecule has 2 atom stereocenters. The van der Waals surface area contributed by atoms with Crippen LogP contribution in [0.5, 0.6) is 0 Å². The van der Waals surface area contributed by atoms with Gasteiger partial charge in [0.05, 0.1) is 18.7 Å². The van der Waals surface area contributed by atoms with Crippen molar-refractivity contribution in [2.45, 2.75) is 59.2 Å². The third kappa shape index (κ3) is 5.15. The smallest absolute Gasteiger partial charge is 0.418 e. The maximum absolute atomic E-state index is 13.2. The van der Waals surface area contributed by atoms with Gasteiger partial charge in [0.25, 0.3) is 0 Å². The fraction of sp³-hybridized carbons (Fsp3) is 0.414. The summed E-state index contributed by atoms with van der Waals surface area (Å²) >= 11 is 0. The van der Waals surface area contributed by atoms with Gasteiger partial charge in [-0.1, -0.05) is 62.4 Å². The summed E-state index contributed by atoms with van der Waals surface area (Å²) in [5.41, 5.74) is 1.51. The fourth-order valence-electron chi connectivity index (χ4n) is 4.54. The number of hydrogen-bond acceptors (Lipinski definition) is 6. The van der Waals surface area contributed by atoms with Gasteiger partial charge in [0.2, 0.25) is 11.8 Å². The van der Waals surface area contributed by atoms with E-state index in [9.17, 15) is 4.79 Å². The Morgan fingerprint density at radius 2 is 1.72 bits per heavy atom. The molecule has 0 saturated carbocycles. The van der Waals surface area contributed by atoms with Crippen molar-refractivity contribution in [3.8, 4) is 0 Å². The zero-order chi connectivity index (χ0) is 25.7. The summed E-state index contributed by atoms with van der Waals surface area (Å²) in [5.74, 6) is 1.54. The summed E-state index contributed by atoms with van der Waals surface area (Å²) in [7, 11) is 0. The lowest BCUT2D eigenvalue weighted by atomic mass is 9.89. The predicted molar refractivity (Wildman–Crippen MR) is 143 cm³/mol. The highest BCUT2D eigenvalue weighted by atomic mass is 16.5. The molecule has 1 aliphatic rings. The average Bonchev–Trinajstić information content (AvgIpc) is 3.27. The highest BCUT2D eigenvalue weighted by Gasteiger charge is 2.43. The Morgan fingerprint density at radius 3 is 2.42 bits per heavy atom. The maximum atomic E-state index is 13.2. The molecule has 0 aliphatic carbocycles. The molecule has 2 heterocycles. The second kappa shape index (κ2) is 11.0. The van der Waals surface area contributed by atoms with Gasteiger partial charge in [-0.05, 0) is 44.7 Å². The molecule has 0 fully saturated rings. The quantitative estimate of drug-likeness (QED) is 0.388. The Morgan fingerprint density at radius 1 is 1.03 bits per heavy atom. The van der Waals surface area contributed by atoms with E-state index in [4.69, 9.17) is 24.2 Å². The van der Waals surface area contributed by atoms with Gasteiger partial charge in [-0.2, -0.15) is 0 Å². The van der Waals surface area contributed by atoms with Gasteiger partial charge in [0.15, 0.2) is 5.54 Å². The van der Waals surface area contributed by atoms with Crippen LogP contribution in [-0.4, -0.2) is 41.7 Å². The van der Waals surface area contributed by atoms with E-state index in [0.717, 1.165) is 28.5 Å². The average molecular weight is 490 g/mol. The van der Waals surface area contributed by atoms with Crippen LogP contribution in [0.15, 0.2) is 70.8 Å². The molecule has 0 saturated heterocycles. The lowest BCUT2D eigenvalue weighted by Crippen LogP contribution is -2.42. The number of benzene rings is 2. The Kier molecular flexibility index (Phi) is 7.77. The lowest BCUT2D eigenvalue weighted by Gasteiger charge is -2.33. The molecular weight excluding hydrogens is 454 g/mol. The van der Waals surface area contributed by atoms with Crippen LogP contribution in [0, 0.1) is 5.92 Å². The molecule has 7 heteroatoms. The summed E-state index contributed by atoms with van der Waals surface area (Å²) in [6.07, 6.45) is 2.14. The molecule has 0 unspecified atom stereocenters. The predicted octanol–water partition coefficient (Wildman–Crippen LogP) is 6.34. The minimum Gasteiger partial charge on any atom is -0.480 e. The number of carbonyl (C=O) groups is 1. The summed E-state index contributed by atoms with van der Waals surface area (Å²) in [5, 5.41) is 0.881. The van der Waals surface area contributed by atoms with Crippen LogP contribution < -0.4 is 0 Å². The van der Waals surface area contributed by atoms with E-state index in [0.29, 0.717) is 30.9 Å². The van der Waals surface area contributed by atoms with Gasteiger partial charge in [-0.25, -0.2) is 14.8 Å². The zero-order valence-corrected chi connectivity index (χ0v) is 21.7. The second-order valence-corrected chi connectivity index (χ2v) is 9.44. The first kappa shape index (κ1) is 25.5. The van der Waals surface area contributed by atoms with Gasteiger partial charge < -0.3 is 14.2 Å². The van der Waals surface area contributed by atoms with E-state index < -0.39 is 11.6 Å². The van der Waals surface area contributed by atoms with Crippen molar-refractivity contribution in [2.75, 3.05) is 13.2 Å². The van der Waals surface area contributed by atoms with Crippen LogP contribution >= 0.6 is 0 Å². The first-order valence-corrected chi connectivity index (χ1v) is 12.6. The molecule has 0 N–H and O–H groups in total. The number of aliphatic imine (C=N–C) groups is 2. The van der Waals surface area contributed by atoms with Crippen molar-refractivity contribution in [3.63, 3.8) is 0 Å². The molecule has 3 aromatic rings. The number of fused-ring (bicyclic) bond motifs is 1. The molecule has 0 bridgehead atoms. The van der Waals surface area contributed by atoms with Crippen LogP contribution in [0.25, 0.3) is 10.9 Å². The normalized spacial score (nSPS) is 19.7. The minimum atomic E-state index is -0.960. The van der Waals surface area contributed by atoms with E-state index in [1.807, 2.05) is 75.4 Å². The summed E-state index contributed by atoms with van der Waals surface area (Å²) < 4.78 is 19.3. The minimum absolute atomic E-state index is 0.188. The highest BCUT2D eigenvalue weighted by molar-refractivity contribution is 6.02. The molecular formula is C29H35N3O4. The molecule has 1 aliphatic heterocycles. The number of hydrogen-bond donors (Lipinski definition) is 0. The third-order valence-electron chi connectivity index (χ3n) is 6.21. The van der Waals surface area contributed by atoms with Gasteiger partial charge >= 0.3 is 6.09 Å². The molecule has 7 nitrogen and oxygen atoms in total. The Hall–Kier alpha value is -3.61. The molecule has 4 rings (SSSR count). The molecule has 0 amide bonds. The summed E-state index contributed by atoms with van der Waals surface area (Å²) in [6, 6.07) is 17.2. The molecule has 190 valence electrons. The summed E-state index contributed by atoms with van der Waals surface area (Å²) in [6.45, 7) is 11.3. The van der Waals surface area contributed by atoms with Crippen molar-refractivity contribution in [1.82, 2.24) is 4.57 Å². The van der Waals surface area contributed by atoms with Crippen LogP contribution in [-0.2, 0) is 26.4 Å². The molecule has 2 aromatic carbocycles. The van der Waals surface area contributed by atoms with Crippen molar-refractivity contribution in [2.24, 2.45) is 15.9 Å². The van der Waals surface area contributed by atoms with Crippen molar-refractivity contribution < 1.29 is 19.0 Å². The zero-order valence-electron chi connectivity index (χ0n) is 21.7. The number of ether oxygens (including phenoxy) is 3. The number of para-hydroxylation sites is 1. The van der Waals surface area contributed by atoms with E-state index >= 15 is 0 Å². The van der Waals surface area contributed by atoms with E-state index in [1.165, 1.54) is 0 Å². The van der Waals surface area contributed by atoms with Crippen molar-refractivity contribution in [1.29, 1.82) is 0 Å². The van der Waals surface area contributed by atoms with E-state index in [1.54, 1.807) is 10.8 Å². The second-order valence-electron chi connectivity index (χ2n) is 9.44. The number of nitrogens with zero attached hydrogens (tertiary/aromatic N) is 3. The fourth-order valence-corrected chi connectivity index (χ4v) is 4.54. The molecule has 0 radical (unpaired) electrons. The molecule has 36 heavy (non-hydrogen) atoms. The van der Waals surface area contributed by atoms with Crippen LogP contribution in [0.1, 0.15) is 52.2 Å². The number of rotatable bonds is 7. The largest absolute Gasteiger partial charge is 0.480 e. The van der Waals surface area contributed by atoms with Gasteiger partial charge in [0, 0.05) is 17.1 Å². The standard InChI is InChI=1S/C29H35N3O4/c1-6-34-26-24(17-20(3)4)30-27(35-7-2)29(5,31-26)23-18-32(25-16-12-11-15-22(23)25)28(33)36-19-21-13-9-8-10-14-21/h8-16,18,20,24H,6-7,17,19H2,1-5H3/t24-,29-/m0/s1. The van der Waals surface area contributed by atoms with Gasteiger partial charge in [-0.3, -0.25) is 4.57 Å². The van der Waals surface area contributed by atoms with Crippen LogP contribution in [0.4, 0.5) is 4.79 Å². The number of carbonyl (C=O) groups excluding carboxylic acids is 1. The SMILES string of the molecule is CCOC1=N[C@@](C)(c2cn(C(=O)OCc3ccccc3)c3ccccc23)C(OCC)=N[C@H]1CC(C)C. The Balaban J connectivity index is 1.77. The number of aromatic nitrogens is 1. The lowest BCUT2D eigenvalue weighted by molar-refractivity contribution is 0.142. The van der Waals surface area contributed by atoms with Gasteiger partial charge in [-0.15, -0.1) is 0 Å². The van der Waals surface area contributed by atoms with Crippen molar-refractivity contribution >= 4 is 28.8 Å². The third-order valence-corrected chi connectivity index (χ3v) is 6.21. The Bertz CT molecular complexity index is 1260. The first-order chi connectivity index (χ1) is 17.4. The van der Waals surface area contributed by atoms with Crippen LogP contribution in [0.2, 0.25) is 0 Å². The summed E-state index contributed by atoms with van der Waals surface area (Å²) in [4.78, 5) is 23.3. The molecule has 1 aromatic heterocycles. The topological polar surface area (TPSA) is 74.4 Å². The van der Waals surface area contributed by atoms with Crippen LogP contribution in [0.3, 0.4) is 0 Å². The van der Waals surface area contributed by atoms with Gasteiger partial charge in [0.1, 0.15) is 12.6 Å².